The molecule has 0 aromatic carbocycles. The topological polar surface area (TPSA) is 33.7 Å². The zero-order valence-electron chi connectivity index (χ0n) is 11.4. The van der Waals surface area contributed by atoms with E-state index in [1.54, 1.807) is 7.11 Å². The van der Waals surface area contributed by atoms with E-state index in [0.717, 1.165) is 25.7 Å². The van der Waals surface area contributed by atoms with Crippen LogP contribution >= 0.6 is 0 Å². The van der Waals surface area contributed by atoms with Gasteiger partial charge in [0.25, 0.3) is 0 Å². The summed E-state index contributed by atoms with van der Waals surface area (Å²) in [5.41, 5.74) is 0. The van der Waals surface area contributed by atoms with Gasteiger partial charge in [-0.15, -0.1) is 0 Å². The van der Waals surface area contributed by atoms with E-state index in [0.29, 0.717) is 13.2 Å². The van der Waals surface area contributed by atoms with Gasteiger partial charge in [0.2, 0.25) is 0 Å². The van der Waals surface area contributed by atoms with Crippen molar-refractivity contribution in [2.24, 2.45) is 0 Å². The van der Waals surface area contributed by atoms with Gasteiger partial charge in [-0.05, 0) is 39.4 Å². The third kappa shape index (κ3) is 6.36. The second-order valence-electron chi connectivity index (χ2n) is 4.68. The Labute approximate surface area is 106 Å². The van der Waals surface area contributed by atoms with Gasteiger partial charge in [0.15, 0.2) is 0 Å². The van der Waals surface area contributed by atoms with Crippen LogP contribution in [0.2, 0.25) is 0 Å². The summed E-state index contributed by atoms with van der Waals surface area (Å²) < 4.78 is 10.5. The summed E-state index contributed by atoms with van der Waals surface area (Å²) in [7, 11) is 3.74. The Kier molecular flexibility index (Phi) is 8.61. The molecule has 0 bridgehead atoms. The van der Waals surface area contributed by atoms with Crippen LogP contribution in [0.15, 0.2) is 0 Å². The normalized spacial score (nSPS) is 21.9. The van der Waals surface area contributed by atoms with Crippen molar-refractivity contribution in [3.63, 3.8) is 0 Å². The third-order valence-corrected chi connectivity index (χ3v) is 3.43. The summed E-state index contributed by atoms with van der Waals surface area (Å²) in [4.78, 5) is 2.59. The molecule has 0 aliphatic carbocycles. The van der Waals surface area contributed by atoms with Crippen LogP contribution in [0.4, 0.5) is 0 Å². The summed E-state index contributed by atoms with van der Waals surface area (Å²) >= 11 is 0. The molecule has 4 nitrogen and oxygen atoms in total. The summed E-state index contributed by atoms with van der Waals surface area (Å²) in [6.07, 6.45) is 5.33. The molecule has 0 radical (unpaired) electrons. The predicted octanol–water partition coefficient (Wildman–Crippen LogP) is 1.11. The fourth-order valence-corrected chi connectivity index (χ4v) is 2.42. The molecule has 0 amide bonds. The van der Waals surface area contributed by atoms with Crippen molar-refractivity contribution < 1.29 is 9.47 Å². The van der Waals surface area contributed by atoms with Crippen molar-refractivity contribution in [2.75, 3.05) is 53.6 Å². The smallest absolute Gasteiger partial charge is 0.0700 e. The lowest BCUT2D eigenvalue weighted by atomic mass is 9.99. The van der Waals surface area contributed by atoms with Crippen LogP contribution in [0.1, 0.15) is 25.7 Å². The zero-order chi connectivity index (χ0) is 12.3. The molecule has 102 valence electrons. The van der Waals surface area contributed by atoms with E-state index in [-0.39, 0.29) is 0 Å². The maximum absolute atomic E-state index is 5.55. The van der Waals surface area contributed by atoms with Gasteiger partial charge in [0.05, 0.1) is 19.8 Å². The van der Waals surface area contributed by atoms with E-state index in [2.05, 4.69) is 10.2 Å². The SMILES string of the molecule is CNCCC1CCCCN1CCOCCOC. The van der Waals surface area contributed by atoms with Crippen molar-refractivity contribution in [1.29, 1.82) is 0 Å². The van der Waals surface area contributed by atoms with Gasteiger partial charge in [-0.1, -0.05) is 6.42 Å². The molecule has 1 N–H and O–H groups in total. The summed E-state index contributed by atoms with van der Waals surface area (Å²) in [6, 6.07) is 0.752. The molecule has 0 aromatic heterocycles. The summed E-state index contributed by atoms with van der Waals surface area (Å²) in [5.74, 6) is 0. The van der Waals surface area contributed by atoms with E-state index in [1.165, 1.54) is 32.2 Å². The first-order valence-corrected chi connectivity index (χ1v) is 6.83. The highest BCUT2D eigenvalue weighted by Gasteiger charge is 2.21. The highest BCUT2D eigenvalue weighted by atomic mass is 16.5. The van der Waals surface area contributed by atoms with E-state index in [9.17, 15) is 0 Å². The van der Waals surface area contributed by atoms with Crippen LogP contribution in [0.25, 0.3) is 0 Å². The summed E-state index contributed by atoms with van der Waals surface area (Å²) in [5, 5.41) is 3.25. The fourth-order valence-electron chi connectivity index (χ4n) is 2.42. The number of likely N-dealkylation sites (tertiary alicyclic amines) is 1. The van der Waals surface area contributed by atoms with E-state index < -0.39 is 0 Å². The van der Waals surface area contributed by atoms with E-state index >= 15 is 0 Å². The second kappa shape index (κ2) is 9.83. The molecule has 1 aliphatic heterocycles. The lowest BCUT2D eigenvalue weighted by Gasteiger charge is -2.35. The van der Waals surface area contributed by atoms with Gasteiger partial charge in [-0.25, -0.2) is 0 Å². The average molecular weight is 244 g/mol. The van der Waals surface area contributed by atoms with Crippen LogP contribution in [-0.2, 0) is 9.47 Å². The first-order chi connectivity index (χ1) is 8.38. The molecule has 4 heteroatoms. The van der Waals surface area contributed by atoms with Gasteiger partial charge in [0.1, 0.15) is 0 Å². The Morgan fingerprint density at radius 1 is 1.24 bits per heavy atom. The number of piperidine rings is 1. The Hall–Kier alpha value is -0.160. The molecular weight excluding hydrogens is 216 g/mol. The average Bonchev–Trinajstić information content (AvgIpc) is 2.37. The largest absolute Gasteiger partial charge is 0.382 e. The van der Waals surface area contributed by atoms with Crippen molar-refractivity contribution in [1.82, 2.24) is 10.2 Å². The van der Waals surface area contributed by atoms with E-state index in [1.807, 2.05) is 7.05 Å². The number of methoxy groups -OCH3 is 1. The van der Waals surface area contributed by atoms with Crippen LogP contribution in [0.3, 0.4) is 0 Å². The first kappa shape index (κ1) is 14.9. The molecule has 0 aromatic rings. The molecule has 1 atom stereocenters. The van der Waals surface area contributed by atoms with Crippen LogP contribution in [-0.4, -0.2) is 64.6 Å². The first-order valence-electron chi connectivity index (χ1n) is 6.83. The van der Waals surface area contributed by atoms with Crippen LogP contribution in [0.5, 0.6) is 0 Å². The van der Waals surface area contributed by atoms with Crippen molar-refractivity contribution >= 4 is 0 Å². The van der Waals surface area contributed by atoms with Crippen molar-refractivity contribution in [3.05, 3.63) is 0 Å². The zero-order valence-corrected chi connectivity index (χ0v) is 11.4. The highest BCUT2D eigenvalue weighted by molar-refractivity contribution is 4.77. The molecule has 1 fully saturated rings. The lowest BCUT2D eigenvalue weighted by Crippen LogP contribution is -2.42. The molecule has 1 saturated heterocycles. The molecule has 1 aliphatic rings. The van der Waals surface area contributed by atoms with Gasteiger partial charge >= 0.3 is 0 Å². The Bertz CT molecular complexity index is 179. The molecule has 0 saturated carbocycles. The number of rotatable bonds is 9. The van der Waals surface area contributed by atoms with Gasteiger partial charge in [0, 0.05) is 19.7 Å². The molecule has 1 unspecified atom stereocenters. The number of nitrogens with one attached hydrogen (secondary N) is 1. The Morgan fingerprint density at radius 3 is 2.88 bits per heavy atom. The molecule has 1 rings (SSSR count). The Morgan fingerprint density at radius 2 is 2.12 bits per heavy atom. The molecule has 0 spiro atoms. The monoisotopic (exact) mass is 244 g/mol. The minimum absolute atomic E-state index is 0.698. The van der Waals surface area contributed by atoms with Crippen LogP contribution < -0.4 is 5.32 Å². The molecule has 1 heterocycles. The number of ether oxygens (including phenoxy) is 2. The number of nitrogens with zero attached hydrogens (tertiary/aromatic N) is 1. The van der Waals surface area contributed by atoms with Gasteiger partial charge in [-0.2, -0.15) is 0 Å². The third-order valence-electron chi connectivity index (χ3n) is 3.43. The predicted molar refractivity (Wildman–Crippen MR) is 70.5 cm³/mol. The minimum atomic E-state index is 0.698. The highest BCUT2D eigenvalue weighted by Crippen LogP contribution is 2.18. The molecule has 17 heavy (non-hydrogen) atoms. The number of hydrogen-bond acceptors (Lipinski definition) is 4. The van der Waals surface area contributed by atoms with Crippen molar-refractivity contribution in [2.45, 2.75) is 31.7 Å². The second-order valence-corrected chi connectivity index (χ2v) is 4.68. The fraction of sp³-hybridized carbons (Fsp3) is 1.00. The quantitative estimate of drug-likeness (QED) is 0.616. The Balaban J connectivity index is 2.13. The number of hydrogen-bond donors (Lipinski definition) is 1. The summed E-state index contributed by atoms with van der Waals surface area (Å²) in [6.45, 7) is 5.67. The lowest BCUT2D eigenvalue weighted by molar-refractivity contribution is 0.0412. The maximum Gasteiger partial charge on any atom is 0.0700 e. The minimum Gasteiger partial charge on any atom is -0.382 e. The van der Waals surface area contributed by atoms with Crippen LogP contribution in [0, 0.1) is 0 Å². The van der Waals surface area contributed by atoms with Gasteiger partial charge < -0.3 is 14.8 Å². The molecular formula is C13H28N2O2. The van der Waals surface area contributed by atoms with Gasteiger partial charge in [-0.3, -0.25) is 4.90 Å². The standard InChI is InChI=1S/C13H28N2O2/c1-14-7-6-13-5-3-4-8-15(13)9-10-17-12-11-16-2/h13-14H,3-12H2,1-2H3. The maximum atomic E-state index is 5.55. The van der Waals surface area contributed by atoms with E-state index in [4.69, 9.17) is 9.47 Å². The van der Waals surface area contributed by atoms with Crippen molar-refractivity contribution in [3.8, 4) is 0 Å².